The molecule has 0 fully saturated rings. The van der Waals surface area contributed by atoms with Crippen molar-refractivity contribution in [3.05, 3.63) is 0 Å². The highest BCUT2D eigenvalue weighted by molar-refractivity contribution is 7.55. The van der Waals surface area contributed by atoms with Gasteiger partial charge in [0.15, 0.2) is 0 Å². The lowest BCUT2D eigenvalue weighted by molar-refractivity contribution is 0.118. The molecule has 0 saturated heterocycles. The third-order valence-corrected chi connectivity index (χ3v) is 8.54. The van der Waals surface area contributed by atoms with Crippen molar-refractivity contribution in [2.45, 2.75) is 46.7 Å². The van der Waals surface area contributed by atoms with Gasteiger partial charge in [-0.3, -0.25) is 14.0 Å². The van der Waals surface area contributed by atoms with Crippen molar-refractivity contribution in [3.8, 4) is 0 Å². The minimum atomic E-state index is -4.34. The summed E-state index contributed by atoms with van der Waals surface area (Å²) in [5.41, 5.74) is 0. The molecule has 0 aromatic carbocycles. The van der Waals surface area contributed by atoms with Crippen LogP contribution in [0.5, 0.6) is 0 Å². The van der Waals surface area contributed by atoms with Gasteiger partial charge in [0.05, 0.1) is 25.0 Å². The van der Waals surface area contributed by atoms with Crippen molar-refractivity contribution in [2.75, 3.05) is 39.2 Å². The predicted octanol–water partition coefficient (Wildman–Crippen LogP) is 2.73. The van der Waals surface area contributed by atoms with Crippen molar-refractivity contribution in [1.29, 1.82) is 0 Å². The summed E-state index contributed by atoms with van der Waals surface area (Å²) in [5, 5.41) is 8.32. The minimum Gasteiger partial charge on any atom is -0.395 e. The molecule has 0 aromatic rings. The van der Waals surface area contributed by atoms with Crippen molar-refractivity contribution in [1.82, 2.24) is 4.90 Å². The number of hydrogen-bond acceptors (Lipinski definition) is 6. The summed E-state index contributed by atoms with van der Waals surface area (Å²) in [6.45, 7) is 11.4. The van der Waals surface area contributed by atoms with Gasteiger partial charge >= 0.3 is 15.2 Å². The second kappa shape index (κ2) is 10.5. The third-order valence-electron chi connectivity index (χ3n) is 4.38. The van der Waals surface area contributed by atoms with E-state index in [1.54, 1.807) is 13.8 Å². The molecule has 0 spiro atoms. The molecule has 0 aliphatic rings. The molecule has 152 valence electrons. The van der Waals surface area contributed by atoms with Crippen molar-refractivity contribution in [2.24, 2.45) is 11.8 Å². The molecule has 25 heavy (non-hydrogen) atoms. The van der Waals surface area contributed by atoms with Gasteiger partial charge in [-0.1, -0.05) is 27.7 Å². The molecule has 0 aromatic heterocycles. The van der Waals surface area contributed by atoms with Crippen LogP contribution in [0.1, 0.15) is 41.5 Å². The zero-order chi connectivity index (χ0) is 19.9. The van der Waals surface area contributed by atoms with Gasteiger partial charge in [-0.15, -0.1) is 0 Å². The molecule has 0 heterocycles. The normalized spacial score (nSPS) is 14.1. The van der Waals surface area contributed by atoms with Crippen LogP contribution in [0.2, 0.25) is 0 Å². The smallest absolute Gasteiger partial charge is 0.339 e. The summed E-state index contributed by atoms with van der Waals surface area (Å²) in [6, 6.07) is 0. The molecule has 3 N–H and O–H groups in total. The second-order valence-corrected chi connectivity index (χ2v) is 10.7. The summed E-state index contributed by atoms with van der Waals surface area (Å²) in [7, 11) is -7.93. The van der Waals surface area contributed by atoms with E-state index in [-0.39, 0.29) is 44.7 Å². The van der Waals surface area contributed by atoms with Gasteiger partial charge in [-0.25, -0.2) is 0 Å². The summed E-state index contributed by atoms with van der Waals surface area (Å²) in [5.74, 6) is -0.288. The van der Waals surface area contributed by atoms with E-state index >= 15 is 0 Å². The Kier molecular flexibility index (Phi) is 10.6. The van der Waals surface area contributed by atoms with Crippen LogP contribution in [0.4, 0.5) is 0 Å². The van der Waals surface area contributed by atoms with Crippen LogP contribution in [0.15, 0.2) is 0 Å². The second-order valence-electron chi connectivity index (χ2n) is 6.72. The van der Waals surface area contributed by atoms with E-state index in [0.29, 0.717) is 0 Å². The third kappa shape index (κ3) is 6.71. The first kappa shape index (κ1) is 25.2. The van der Waals surface area contributed by atoms with Crippen LogP contribution in [-0.2, 0) is 18.2 Å². The lowest BCUT2D eigenvalue weighted by Gasteiger charge is -2.47. The zero-order valence-electron chi connectivity index (χ0n) is 16.2. The molecular weight excluding hydrogens is 368 g/mol. The SMILES string of the molecule is CCOP(=O)(OCC)C(CN(CCO)CP(=O)(O)O)(C(C)C)C(C)C. The fraction of sp³-hybridized carbons (Fsp3) is 1.00. The first-order chi connectivity index (χ1) is 11.4. The molecule has 0 atom stereocenters. The minimum absolute atomic E-state index is 0.0601. The van der Waals surface area contributed by atoms with Crippen LogP contribution < -0.4 is 0 Å². The summed E-state index contributed by atoms with van der Waals surface area (Å²) >= 11 is 0. The lowest BCUT2D eigenvalue weighted by atomic mass is 9.84. The van der Waals surface area contributed by atoms with Crippen LogP contribution in [-0.4, -0.2) is 64.1 Å². The Labute approximate surface area is 151 Å². The summed E-state index contributed by atoms with van der Waals surface area (Å²) in [6.07, 6.45) is -0.521. The van der Waals surface area contributed by atoms with E-state index in [0.717, 1.165) is 0 Å². The van der Waals surface area contributed by atoms with Crippen molar-refractivity contribution < 1.29 is 33.1 Å². The van der Waals surface area contributed by atoms with Crippen LogP contribution in [0, 0.1) is 11.8 Å². The number of nitrogens with zero attached hydrogens (tertiary/aromatic N) is 1. The highest BCUT2D eigenvalue weighted by atomic mass is 31.2. The van der Waals surface area contributed by atoms with Gasteiger partial charge in [0.2, 0.25) is 0 Å². The van der Waals surface area contributed by atoms with Crippen LogP contribution >= 0.6 is 15.2 Å². The highest BCUT2D eigenvalue weighted by Gasteiger charge is 2.56. The number of aliphatic hydroxyl groups excluding tert-OH is 1. The first-order valence-electron chi connectivity index (χ1n) is 8.67. The Morgan fingerprint density at radius 3 is 1.72 bits per heavy atom. The lowest BCUT2D eigenvalue weighted by Crippen LogP contribution is -2.52. The predicted molar refractivity (Wildman–Crippen MR) is 98.8 cm³/mol. The van der Waals surface area contributed by atoms with E-state index in [2.05, 4.69) is 0 Å². The topological polar surface area (TPSA) is 117 Å². The molecule has 0 saturated carbocycles. The van der Waals surface area contributed by atoms with Gasteiger partial charge in [-0.2, -0.15) is 0 Å². The van der Waals surface area contributed by atoms with Gasteiger partial charge < -0.3 is 23.9 Å². The maximum atomic E-state index is 13.7. The van der Waals surface area contributed by atoms with Gasteiger partial charge in [-0.05, 0) is 25.7 Å². The maximum Gasteiger partial charge on any atom is 0.339 e. The van der Waals surface area contributed by atoms with E-state index in [1.807, 2.05) is 27.7 Å². The van der Waals surface area contributed by atoms with Crippen molar-refractivity contribution >= 4 is 15.2 Å². The number of rotatable bonds is 13. The molecule has 0 amide bonds. The fourth-order valence-corrected chi connectivity index (χ4v) is 6.96. The molecule has 0 unspecified atom stereocenters. The van der Waals surface area contributed by atoms with E-state index < -0.39 is 26.6 Å². The van der Waals surface area contributed by atoms with Gasteiger partial charge in [0.25, 0.3) is 0 Å². The zero-order valence-corrected chi connectivity index (χ0v) is 18.0. The van der Waals surface area contributed by atoms with Crippen LogP contribution in [0.3, 0.4) is 0 Å². The number of hydrogen-bond donors (Lipinski definition) is 3. The molecule has 0 aliphatic heterocycles. The van der Waals surface area contributed by atoms with Gasteiger partial charge in [0, 0.05) is 13.1 Å². The Balaban J connectivity index is 6.11. The summed E-state index contributed by atoms with van der Waals surface area (Å²) in [4.78, 5) is 20.2. The Morgan fingerprint density at radius 1 is 1.00 bits per heavy atom. The molecule has 0 bridgehead atoms. The first-order valence-corrected chi connectivity index (χ1v) is 12.0. The Hall–Kier alpha value is 0.220. The quantitative estimate of drug-likeness (QED) is 0.402. The van der Waals surface area contributed by atoms with E-state index in [4.69, 9.17) is 9.05 Å². The monoisotopic (exact) mass is 403 g/mol. The standard InChI is InChI=1S/C15H35NO7P2/c1-7-22-25(21,23-8-2)15(13(3)4,14(5)6)11-16(9-10-17)12-24(18,19)20/h13-14,17H,7-12H2,1-6H3,(H2,18,19,20). The maximum absolute atomic E-state index is 13.7. The Bertz CT molecular complexity index is 461. The average Bonchev–Trinajstić information content (AvgIpc) is 2.42. The van der Waals surface area contributed by atoms with Crippen LogP contribution in [0.25, 0.3) is 0 Å². The van der Waals surface area contributed by atoms with Crippen molar-refractivity contribution in [3.63, 3.8) is 0 Å². The number of aliphatic hydroxyl groups is 1. The fourth-order valence-electron chi connectivity index (χ4n) is 3.33. The molecule has 0 rings (SSSR count). The summed E-state index contributed by atoms with van der Waals surface area (Å²) < 4.78 is 36.4. The largest absolute Gasteiger partial charge is 0.395 e. The molecule has 0 radical (unpaired) electrons. The van der Waals surface area contributed by atoms with Gasteiger partial charge in [0.1, 0.15) is 6.29 Å². The highest BCUT2D eigenvalue weighted by Crippen LogP contribution is 2.66. The molecule has 10 heteroatoms. The average molecular weight is 403 g/mol. The molecule has 8 nitrogen and oxygen atoms in total. The molecular formula is C15H35NO7P2. The van der Waals surface area contributed by atoms with E-state index in [1.165, 1.54) is 4.90 Å². The Morgan fingerprint density at radius 2 is 1.44 bits per heavy atom. The van der Waals surface area contributed by atoms with E-state index in [9.17, 15) is 24.0 Å². The molecule has 0 aliphatic carbocycles.